The molecule has 1 heterocycles. The fourth-order valence-corrected chi connectivity index (χ4v) is 1.42. The van der Waals surface area contributed by atoms with Gasteiger partial charge in [-0.3, -0.25) is 4.79 Å². The molecule has 0 aliphatic carbocycles. The summed E-state index contributed by atoms with van der Waals surface area (Å²) in [5.41, 5.74) is 0.792. The van der Waals surface area contributed by atoms with Crippen LogP contribution in [0.1, 0.15) is 5.69 Å². The van der Waals surface area contributed by atoms with E-state index in [1.54, 1.807) is 5.38 Å². The van der Waals surface area contributed by atoms with Gasteiger partial charge in [-0.1, -0.05) is 11.3 Å². The van der Waals surface area contributed by atoms with Gasteiger partial charge in [0.15, 0.2) is 0 Å². The molecule has 0 bridgehead atoms. The van der Waals surface area contributed by atoms with Crippen molar-refractivity contribution < 1.29 is 10.2 Å². The van der Waals surface area contributed by atoms with Crippen LogP contribution in [0.2, 0.25) is 0 Å². The number of aliphatic hydroxyl groups excluding tert-OH is 2. The number of rotatable bonds is 5. The fourth-order valence-electron chi connectivity index (χ4n) is 0.839. The van der Waals surface area contributed by atoms with Crippen LogP contribution in [0, 0.1) is 0 Å². The summed E-state index contributed by atoms with van der Waals surface area (Å²) in [5, 5.41) is 22.1. The van der Waals surface area contributed by atoms with Gasteiger partial charge in [0.2, 0.25) is 0 Å². The van der Waals surface area contributed by atoms with Crippen LogP contribution in [0.15, 0.2) is 10.2 Å². The van der Waals surface area contributed by atoms with Crippen molar-refractivity contribution in [3.05, 3.63) is 20.7 Å². The van der Waals surface area contributed by atoms with Crippen molar-refractivity contribution in [3.63, 3.8) is 0 Å². The highest BCUT2D eigenvalue weighted by Gasteiger charge is 2.01. The molecule has 4 N–H and O–H groups in total. The van der Waals surface area contributed by atoms with Crippen LogP contribution >= 0.6 is 11.3 Å². The molecule has 0 aliphatic rings. The zero-order valence-electron chi connectivity index (χ0n) is 6.99. The van der Waals surface area contributed by atoms with Crippen LogP contribution in [-0.4, -0.2) is 34.5 Å². The SMILES string of the molecule is O=c1[nH]c(CNCC(O)CO)cs1. The summed E-state index contributed by atoms with van der Waals surface area (Å²) in [6.45, 7) is 0.553. The average Bonchev–Trinajstić information content (AvgIpc) is 2.51. The summed E-state index contributed by atoms with van der Waals surface area (Å²) in [6, 6.07) is 0. The smallest absolute Gasteiger partial charge is 0.304 e. The second kappa shape index (κ2) is 5.13. The maximum atomic E-state index is 10.7. The number of H-pyrrole nitrogens is 1. The summed E-state index contributed by atoms with van der Waals surface area (Å²) >= 11 is 1.11. The number of thiazole rings is 1. The molecular weight excluding hydrogens is 192 g/mol. The van der Waals surface area contributed by atoms with Crippen LogP contribution in [0.4, 0.5) is 0 Å². The monoisotopic (exact) mass is 204 g/mol. The molecule has 0 saturated carbocycles. The number of nitrogens with one attached hydrogen (secondary N) is 2. The van der Waals surface area contributed by atoms with E-state index in [1.165, 1.54) is 0 Å². The van der Waals surface area contributed by atoms with Crippen LogP contribution in [-0.2, 0) is 6.54 Å². The van der Waals surface area contributed by atoms with Crippen LogP contribution in [0.3, 0.4) is 0 Å². The minimum atomic E-state index is -0.745. The Bertz CT molecular complexity index is 296. The molecule has 1 aromatic rings. The third-order valence-electron chi connectivity index (χ3n) is 1.48. The Morgan fingerprint density at radius 2 is 2.46 bits per heavy atom. The molecule has 0 radical (unpaired) electrons. The lowest BCUT2D eigenvalue weighted by Crippen LogP contribution is -2.29. The van der Waals surface area contributed by atoms with E-state index in [2.05, 4.69) is 10.3 Å². The minimum absolute atomic E-state index is 0.0838. The molecule has 1 rings (SSSR count). The fraction of sp³-hybridized carbons (Fsp3) is 0.571. The van der Waals surface area contributed by atoms with E-state index in [9.17, 15) is 4.79 Å². The molecule has 0 saturated heterocycles. The first-order chi connectivity index (χ1) is 6.22. The normalized spacial score (nSPS) is 13.1. The number of hydrogen-bond acceptors (Lipinski definition) is 5. The van der Waals surface area contributed by atoms with E-state index < -0.39 is 6.10 Å². The number of aromatic amines is 1. The zero-order valence-corrected chi connectivity index (χ0v) is 7.80. The Morgan fingerprint density at radius 1 is 1.69 bits per heavy atom. The Labute approximate surface area is 79.1 Å². The second-order valence-electron chi connectivity index (χ2n) is 2.64. The lowest BCUT2D eigenvalue weighted by atomic mass is 10.3. The Kier molecular flexibility index (Phi) is 4.10. The van der Waals surface area contributed by atoms with Gasteiger partial charge >= 0.3 is 4.87 Å². The van der Waals surface area contributed by atoms with Crippen LogP contribution in [0.5, 0.6) is 0 Å². The third kappa shape index (κ3) is 3.69. The lowest BCUT2D eigenvalue weighted by Gasteiger charge is -2.06. The van der Waals surface area contributed by atoms with Gasteiger partial charge in [-0.15, -0.1) is 0 Å². The summed E-state index contributed by atoms with van der Waals surface area (Å²) in [7, 11) is 0. The maximum Gasteiger partial charge on any atom is 0.304 e. The van der Waals surface area contributed by atoms with Gasteiger partial charge in [-0.25, -0.2) is 0 Å². The van der Waals surface area contributed by atoms with Crippen molar-refractivity contribution in [2.45, 2.75) is 12.6 Å². The Balaban J connectivity index is 2.24. The Morgan fingerprint density at radius 3 is 3.00 bits per heavy atom. The zero-order chi connectivity index (χ0) is 9.68. The highest BCUT2D eigenvalue weighted by molar-refractivity contribution is 7.07. The topological polar surface area (TPSA) is 85.4 Å². The molecule has 1 atom stereocenters. The van der Waals surface area contributed by atoms with Gasteiger partial charge in [0.05, 0.1) is 12.7 Å². The predicted molar refractivity (Wildman–Crippen MR) is 49.7 cm³/mol. The first-order valence-corrected chi connectivity index (χ1v) is 4.76. The van der Waals surface area contributed by atoms with Gasteiger partial charge in [0.1, 0.15) is 0 Å². The molecule has 1 unspecified atom stereocenters. The van der Waals surface area contributed by atoms with Crippen LogP contribution < -0.4 is 10.2 Å². The summed E-state index contributed by atoms with van der Waals surface area (Å²) in [5.74, 6) is 0. The quantitative estimate of drug-likeness (QED) is 0.489. The van der Waals surface area contributed by atoms with Crippen molar-refractivity contribution in [1.82, 2.24) is 10.3 Å². The largest absolute Gasteiger partial charge is 0.394 e. The molecular formula is C7H12N2O3S. The first-order valence-electron chi connectivity index (χ1n) is 3.88. The van der Waals surface area contributed by atoms with Crippen molar-refractivity contribution in [2.75, 3.05) is 13.2 Å². The number of hydrogen-bond donors (Lipinski definition) is 4. The number of aliphatic hydroxyl groups is 2. The van der Waals surface area contributed by atoms with Gasteiger partial charge in [0, 0.05) is 24.2 Å². The maximum absolute atomic E-state index is 10.7. The molecule has 0 spiro atoms. The van der Waals surface area contributed by atoms with Crippen molar-refractivity contribution in [2.24, 2.45) is 0 Å². The van der Waals surface area contributed by atoms with E-state index in [4.69, 9.17) is 10.2 Å². The molecule has 0 fully saturated rings. The molecule has 13 heavy (non-hydrogen) atoms. The average molecular weight is 204 g/mol. The molecule has 0 aromatic carbocycles. The molecule has 0 aliphatic heterocycles. The van der Waals surface area contributed by atoms with Crippen molar-refractivity contribution in [3.8, 4) is 0 Å². The first kappa shape index (κ1) is 10.4. The van der Waals surface area contributed by atoms with Crippen molar-refractivity contribution in [1.29, 1.82) is 0 Å². The molecule has 5 nitrogen and oxygen atoms in total. The number of aromatic nitrogens is 1. The summed E-state index contributed by atoms with van der Waals surface area (Å²) in [4.78, 5) is 13.2. The van der Waals surface area contributed by atoms with Gasteiger partial charge in [-0.05, 0) is 0 Å². The van der Waals surface area contributed by atoms with Gasteiger partial charge in [-0.2, -0.15) is 0 Å². The highest BCUT2D eigenvalue weighted by atomic mass is 32.1. The summed E-state index contributed by atoms with van der Waals surface area (Å²) in [6.07, 6.45) is -0.745. The Hall–Kier alpha value is -0.690. The van der Waals surface area contributed by atoms with Gasteiger partial charge < -0.3 is 20.5 Å². The van der Waals surface area contributed by atoms with E-state index >= 15 is 0 Å². The second-order valence-corrected chi connectivity index (χ2v) is 3.48. The lowest BCUT2D eigenvalue weighted by molar-refractivity contribution is 0.0941. The third-order valence-corrected chi connectivity index (χ3v) is 2.20. The van der Waals surface area contributed by atoms with Gasteiger partial charge in [0.25, 0.3) is 0 Å². The predicted octanol–water partition coefficient (Wildman–Crippen LogP) is -1.12. The minimum Gasteiger partial charge on any atom is -0.394 e. The van der Waals surface area contributed by atoms with E-state index in [-0.39, 0.29) is 11.5 Å². The van der Waals surface area contributed by atoms with E-state index in [0.29, 0.717) is 13.1 Å². The molecule has 0 amide bonds. The molecule has 74 valence electrons. The summed E-state index contributed by atoms with van der Waals surface area (Å²) < 4.78 is 0. The molecule has 1 aromatic heterocycles. The van der Waals surface area contributed by atoms with E-state index in [1.807, 2.05) is 0 Å². The standard InChI is InChI=1S/C7H12N2O3S/c10-3-6(11)2-8-1-5-4-13-7(12)9-5/h4,6,8,10-11H,1-3H2,(H,9,12). The van der Waals surface area contributed by atoms with E-state index in [0.717, 1.165) is 17.0 Å². The highest BCUT2D eigenvalue weighted by Crippen LogP contribution is 1.94. The van der Waals surface area contributed by atoms with Crippen LogP contribution in [0.25, 0.3) is 0 Å². The van der Waals surface area contributed by atoms with Crippen molar-refractivity contribution >= 4 is 11.3 Å². The molecule has 6 heteroatoms.